The number of imidazole rings is 1. The molecule has 0 bridgehead atoms. The zero-order valence-corrected chi connectivity index (χ0v) is 9.97. The van der Waals surface area contributed by atoms with Crippen LogP contribution in [0.25, 0.3) is 0 Å². The van der Waals surface area contributed by atoms with Crippen molar-refractivity contribution in [3.63, 3.8) is 0 Å². The summed E-state index contributed by atoms with van der Waals surface area (Å²) in [5, 5.41) is 14.1. The third-order valence-corrected chi connectivity index (χ3v) is 1.96. The third kappa shape index (κ3) is 6.38. The van der Waals surface area contributed by atoms with E-state index in [0.717, 1.165) is 5.69 Å². The Morgan fingerprint density at radius 2 is 2.22 bits per heavy atom. The van der Waals surface area contributed by atoms with Gasteiger partial charge in [0.2, 0.25) is 5.91 Å². The van der Waals surface area contributed by atoms with Crippen molar-refractivity contribution in [2.45, 2.75) is 19.4 Å². The molecule has 1 heterocycles. The van der Waals surface area contributed by atoms with Crippen LogP contribution in [0.4, 0.5) is 0 Å². The molecule has 0 aliphatic carbocycles. The van der Waals surface area contributed by atoms with Gasteiger partial charge in [0.1, 0.15) is 12.8 Å². The summed E-state index contributed by atoms with van der Waals surface area (Å²) in [6, 6.07) is -0.757. The van der Waals surface area contributed by atoms with Crippen molar-refractivity contribution < 1.29 is 19.5 Å². The number of rotatable bonds is 6. The summed E-state index contributed by atoms with van der Waals surface area (Å²) in [6.07, 6.45) is 3.34. The van der Waals surface area contributed by atoms with Crippen LogP contribution in [0.1, 0.15) is 12.6 Å². The van der Waals surface area contributed by atoms with E-state index in [1.165, 1.54) is 13.3 Å². The molecule has 0 aliphatic rings. The van der Waals surface area contributed by atoms with Gasteiger partial charge >= 0.3 is 5.97 Å². The summed E-state index contributed by atoms with van der Waals surface area (Å²) in [4.78, 5) is 36.1. The van der Waals surface area contributed by atoms with E-state index in [9.17, 15) is 9.59 Å². The third-order valence-electron chi connectivity index (χ3n) is 1.96. The topological polar surface area (TPSA) is 124 Å². The number of aromatic amines is 1. The number of nitrogens with zero attached hydrogens (tertiary/aromatic N) is 1. The van der Waals surface area contributed by atoms with E-state index in [1.807, 2.05) is 6.79 Å². The van der Waals surface area contributed by atoms with Crippen LogP contribution < -0.4 is 10.6 Å². The molecule has 8 heteroatoms. The number of nitrogens with one attached hydrogen (secondary N) is 3. The molecule has 4 N–H and O–H groups in total. The summed E-state index contributed by atoms with van der Waals surface area (Å²) < 4.78 is 0. The minimum Gasteiger partial charge on any atom is -0.480 e. The highest BCUT2D eigenvalue weighted by molar-refractivity contribution is 5.74. The normalized spacial score (nSPS) is 10.9. The van der Waals surface area contributed by atoms with Crippen molar-refractivity contribution in [1.29, 1.82) is 0 Å². The van der Waals surface area contributed by atoms with E-state index in [0.29, 0.717) is 0 Å². The number of aliphatic carboxylic acids is 1. The van der Waals surface area contributed by atoms with Gasteiger partial charge in [-0.3, -0.25) is 14.9 Å². The number of carbonyl (C=O) groups excluding carboxylic acids is 2. The van der Waals surface area contributed by atoms with Crippen LogP contribution in [0.5, 0.6) is 0 Å². The van der Waals surface area contributed by atoms with Crippen LogP contribution in [-0.4, -0.2) is 46.5 Å². The second-order valence-electron chi connectivity index (χ2n) is 3.29. The Morgan fingerprint density at radius 3 is 2.67 bits per heavy atom. The van der Waals surface area contributed by atoms with Crippen molar-refractivity contribution >= 4 is 18.7 Å². The first kappa shape index (κ1) is 15.8. The van der Waals surface area contributed by atoms with Gasteiger partial charge < -0.3 is 20.2 Å². The lowest BCUT2D eigenvalue weighted by Gasteiger charge is -2.13. The number of amides is 1. The maximum absolute atomic E-state index is 10.9. The predicted octanol–water partition coefficient (Wildman–Crippen LogP) is -1.10. The van der Waals surface area contributed by atoms with Gasteiger partial charge in [-0.05, 0) is 0 Å². The van der Waals surface area contributed by atoms with Gasteiger partial charge in [0.25, 0.3) is 0 Å². The summed E-state index contributed by atoms with van der Waals surface area (Å²) in [5.74, 6) is -1.18. The molecule has 0 saturated heterocycles. The van der Waals surface area contributed by atoms with Crippen LogP contribution in [0.15, 0.2) is 12.5 Å². The van der Waals surface area contributed by atoms with Crippen LogP contribution in [0.3, 0.4) is 0 Å². The van der Waals surface area contributed by atoms with Gasteiger partial charge in [-0.2, -0.15) is 0 Å². The number of H-pyrrole nitrogens is 1. The van der Waals surface area contributed by atoms with E-state index in [-0.39, 0.29) is 19.0 Å². The zero-order valence-electron chi connectivity index (χ0n) is 9.97. The molecule has 0 aromatic carbocycles. The SMILES string of the molecule is C=O.CC(=O)NCNC(Cc1cnc[nH]1)C(=O)O. The average Bonchev–Trinajstić information content (AvgIpc) is 2.82. The number of carboxylic acids is 1. The molecule has 0 aliphatic heterocycles. The minimum atomic E-state index is -0.972. The van der Waals surface area contributed by atoms with Gasteiger partial charge in [0.05, 0.1) is 13.0 Å². The van der Waals surface area contributed by atoms with Crippen molar-refractivity contribution in [3.8, 4) is 0 Å². The first-order chi connectivity index (χ1) is 8.59. The van der Waals surface area contributed by atoms with Crippen LogP contribution in [-0.2, 0) is 20.8 Å². The molecule has 1 unspecified atom stereocenters. The summed E-state index contributed by atoms with van der Waals surface area (Å²) in [6.45, 7) is 3.49. The molecule has 0 spiro atoms. The molecule has 8 nitrogen and oxygen atoms in total. The lowest BCUT2D eigenvalue weighted by Crippen LogP contribution is -2.44. The summed E-state index contributed by atoms with van der Waals surface area (Å²) in [5.41, 5.74) is 0.725. The molecule has 0 saturated carbocycles. The standard InChI is InChI=1S/C9H14N4O3.CH2O/c1-6(14)11-5-13-8(9(15)16)2-7-3-10-4-12-7;1-2/h3-4,8,13H,2,5H2,1H3,(H,10,12)(H,11,14)(H,15,16);1H2. The minimum absolute atomic E-state index is 0.125. The number of hydrogen-bond acceptors (Lipinski definition) is 5. The van der Waals surface area contributed by atoms with Gasteiger partial charge in [-0.15, -0.1) is 0 Å². The van der Waals surface area contributed by atoms with Crippen LogP contribution in [0.2, 0.25) is 0 Å². The molecular weight excluding hydrogens is 240 g/mol. The fourth-order valence-corrected chi connectivity index (χ4v) is 1.16. The average molecular weight is 256 g/mol. The van der Waals surface area contributed by atoms with E-state index in [2.05, 4.69) is 20.6 Å². The Hall–Kier alpha value is -2.22. The van der Waals surface area contributed by atoms with Crippen molar-refractivity contribution in [1.82, 2.24) is 20.6 Å². The molecule has 18 heavy (non-hydrogen) atoms. The molecule has 0 fully saturated rings. The highest BCUT2D eigenvalue weighted by Crippen LogP contribution is 1.98. The number of hydrogen-bond donors (Lipinski definition) is 4. The second-order valence-corrected chi connectivity index (χ2v) is 3.29. The molecule has 1 aromatic rings. The van der Waals surface area contributed by atoms with Crippen LogP contribution in [0, 0.1) is 0 Å². The van der Waals surface area contributed by atoms with E-state index in [1.54, 1.807) is 6.20 Å². The quantitative estimate of drug-likeness (QED) is 0.479. The lowest BCUT2D eigenvalue weighted by atomic mass is 10.2. The molecule has 1 rings (SSSR count). The molecule has 1 amide bonds. The summed E-state index contributed by atoms with van der Waals surface area (Å²) >= 11 is 0. The Bertz CT molecular complexity index is 366. The molecular formula is C10H16N4O4. The van der Waals surface area contributed by atoms with E-state index in [4.69, 9.17) is 9.90 Å². The van der Waals surface area contributed by atoms with Crippen molar-refractivity contribution in [3.05, 3.63) is 18.2 Å². The molecule has 1 aromatic heterocycles. The Kier molecular flexibility index (Phi) is 7.78. The monoisotopic (exact) mass is 256 g/mol. The number of carbonyl (C=O) groups is 3. The fraction of sp³-hybridized carbons (Fsp3) is 0.400. The summed E-state index contributed by atoms with van der Waals surface area (Å²) in [7, 11) is 0. The first-order valence-corrected chi connectivity index (χ1v) is 5.06. The predicted molar refractivity (Wildman–Crippen MR) is 62.7 cm³/mol. The maximum Gasteiger partial charge on any atom is 0.321 e. The van der Waals surface area contributed by atoms with Gasteiger partial charge in [0.15, 0.2) is 0 Å². The lowest BCUT2D eigenvalue weighted by molar-refractivity contribution is -0.139. The molecule has 1 atom stereocenters. The highest BCUT2D eigenvalue weighted by atomic mass is 16.4. The smallest absolute Gasteiger partial charge is 0.321 e. The number of aromatic nitrogens is 2. The Balaban J connectivity index is 0.00000137. The van der Waals surface area contributed by atoms with Crippen molar-refractivity contribution in [2.24, 2.45) is 0 Å². The van der Waals surface area contributed by atoms with E-state index < -0.39 is 12.0 Å². The molecule has 0 radical (unpaired) electrons. The Labute approximate surface area is 104 Å². The first-order valence-electron chi connectivity index (χ1n) is 5.06. The van der Waals surface area contributed by atoms with Gasteiger partial charge in [-0.25, -0.2) is 4.98 Å². The molecule has 100 valence electrons. The maximum atomic E-state index is 10.9. The number of carboxylic acid groups (broad SMARTS) is 1. The van der Waals surface area contributed by atoms with Gasteiger partial charge in [0, 0.05) is 25.2 Å². The zero-order chi connectivity index (χ0) is 14.0. The van der Waals surface area contributed by atoms with Crippen molar-refractivity contribution in [2.75, 3.05) is 6.67 Å². The Morgan fingerprint density at radius 1 is 1.56 bits per heavy atom. The van der Waals surface area contributed by atoms with Crippen LogP contribution >= 0.6 is 0 Å². The second kappa shape index (κ2) is 8.88. The fourth-order valence-electron chi connectivity index (χ4n) is 1.16. The van der Waals surface area contributed by atoms with E-state index >= 15 is 0 Å². The largest absolute Gasteiger partial charge is 0.480 e. The van der Waals surface area contributed by atoms with Gasteiger partial charge in [-0.1, -0.05) is 0 Å². The highest BCUT2D eigenvalue weighted by Gasteiger charge is 2.17.